The summed E-state index contributed by atoms with van der Waals surface area (Å²) in [6.07, 6.45) is 5.08. The van der Waals surface area contributed by atoms with E-state index in [0.29, 0.717) is 0 Å². The molecule has 5 heteroatoms. The van der Waals surface area contributed by atoms with E-state index in [2.05, 4.69) is 27.0 Å². The number of rotatable bonds is 2. The summed E-state index contributed by atoms with van der Waals surface area (Å²) in [5.41, 5.74) is 5.15. The van der Waals surface area contributed by atoms with Crippen molar-refractivity contribution >= 4 is 0 Å². The van der Waals surface area contributed by atoms with E-state index in [4.69, 9.17) is 0 Å². The highest BCUT2D eigenvalue weighted by Gasteiger charge is 2.25. The van der Waals surface area contributed by atoms with Crippen molar-refractivity contribution in [2.24, 2.45) is 0 Å². The van der Waals surface area contributed by atoms with Gasteiger partial charge in [-0.15, -0.1) is 0 Å². The van der Waals surface area contributed by atoms with E-state index in [1.165, 1.54) is 24.0 Å². The van der Waals surface area contributed by atoms with E-state index in [1.54, 1.807) is 18.5 Å². The fourth-order valence-electron chi connectivity index (χ4n) is 3.49. The molecule has 126 valence electrons. The van der Waals surface area contributed by atoms with Crippen molar-refractivity contribution < 1.29 is 8.78 Å². The summed E-state index contributed by atoms with van der Waals surface area (Å²) in [7, 11) is 2.04. The Morgan fingerprint density at radius 3 is 2.52 bits per heavy atom. The summed E-state index contributed by atoms with van der Waals surface area (Å²) in [6, 6.07) is 10.4. The maximum absolute atomic E-state index is 13.7. The molecular weight excluding hydrogens is 320 g/mol. The zero-order valence-corrected chi connectivity index (χ0v) is 13.8. The van der Waals surface area contributed by atoms with Crippen molar-refractivity contribution in [1.29, 1.82) is 0 Å². The predicted molar refractivity (Wildman–Crippen MR) is 92.0 cm³/mol. The number of aromatic nitrogens is 2. The molecule has 2 aromatic carbocycles. The Morgan fingerprint density at radius 2 is 1.76 bits per heavy atom. The van der Waals surface area contributed by atoms with Crippen LogP contribution in [-0.2, 0) is 6.54 Å². The molecule has 0 bridgehead atoms. The van der Waals surface area contributed by atoms with Crippen LogP contribution in [0.1, 0.15) is 22.6 Å². The first-order valence-corrected chi connectivity index (χ1v) is 8.13. The predicted octanol–water partition coefficient (Wildman–Crippen LogP) is 4.00. The van der Waals surface area contributed by atoms with Gasteiger partial charge in [-0.2, -0.15) is 0 Å². The molecule has 1 aliphatic rings. The van der Waals surface area contributed by atoms with E-state index in [1.807, 2.05) is 13.1 Å². The molecule has 0 spiro atoms. The van der Waals surface area contributed by atoms with Gasteiger partial charge in [0.25, 0.3) is 0 Å². The van der Waals surface area contributed by atoms with Crippen molar-refractivity contribution in [3.8, 4) is 11.1 Å². The lowest BCUT2D eigenvalue weighted by Gasteiger charge is -2.33. The summed E-state index contributed by atoms with van der Waals surface area (Å²) < 4.78 is 27.0. The molecule has 1 aromatic heterocycles. The van der Waals surface area contributed by atoms with Crippen LogP contribution in [0.3, 0.4) is 0 Å². The molecule has 3 aromatic rings. The van der Waals surface area contributed by atoms with Crippen molar-refractivity contribution in [1.82, 2.24) is 14.9 Å². The van der Waals surface area contributed by atoms with E-state index in [-0.39, 0.29) is 5.92 Å². The van der Waals surface area contributed by atoms with Gasteiger partial charge < -0.3 is 4.90 Å². The Morgan fingerprint density at radius 1 is 0.960 bits per heavy atom. The largest absolute Gasteiger partial charge is 0.301 e. The van der Waals surface area contributed by atoms with Crippen LogP contribution < -0.4 is 0 Å². The van der Waals surface area contributed by atoms with Crippen LogP contribution in [0.2, 0.25) is 0 Å². The third kappa shape index (κ3) is 3.03. The molecule has 3 nitrogen and oxygen atoms in total. The minimum Gasteiger partial charge on any atom is -0.301 e. The quantitative estimate of drug-likeness (QED) is 0.708. The molecule has 1 atom stereocenters. The Labute approximate surface area is 145 Å². The van der Waals surface area contributed by atoms with Crippen LogP contribution in [0.4, 0.5) is 8.78 Å². The Kier molecular flexibility index (Phi) is 4.01. The Hall–Kier alpha value is -2.66. The second-order valence-electron chi connectivity index (χ2n) is 6.46. The first kappa shape index (κ1) is 15.8. The molecule has 0 unspecified atom stereocenters. The highest BCUT2D eigenvalue weighted by atomic mass is 19.2. The molecular formula is C20H17F2N3. The minimum atomic E-state index is -0.812. The summed E-state index contributed by atoms with van der Waals surface area (Å²) in [5, 5.41) is 0. The number of likely N-dealkylation sites (N-methyl/N-ethyl adjacent to an activating group) is 1. The van der Waals surface area contributed by atoms with Crippen LogP contribution in [0.25, 0.3) is 11.1 Å². The van der Waals surface area contributed by atoms with E-state index in [9.17, 15) is 8.78 Å². The second-order valence-corrected chi connectivity index (χ2v) is 6.46. The summed E-state index contributed by atoms with van der Waals surface area (Å²) in [5.74, 6) is -1.59. The van der Waals surface area contributed by atoms with Crippen molar-refractivity contribution in [2.75, 3.05) is 13.6 Å². The van der Waals surface area contributed by atoms with Gasteiger partial charge in [-0.3, -0.25) is 0 Å². The monoisotopic (exact) mass is 337 g/mol. The molecule has 0 aliphatic carbocycles. The fourth-order valence-corrected chi connectivity index (χ4v) is 3.49. The molecule has 0 amide bonds. The van der Waals surface area contributed by atoms with Gasteiger partial charge in [-0.25, -0.2) is 18.7 Å². The summed E-state index contributed by atoms with van der Waals surface area (Å²) >= 11 is 0. The zero-order chi connectivity index (χ0) is 17.4. The molecule has 0 saturated carbocycles. The Balaban J connectivity index is 1.77. The summed E-state index contributed by atoms with van der Waals surface area (Å²) in [6.45, 7) is 1.59. The van der Waals surface area contributed by atoms with Crippen LogP contribution in [0, 0.1) is 11.6 Å². The van der Waals surface area contributed by atoms with Crippen molar-refractivity contribution in [2.45, 2.75) is 12.5 Å². The van der Waals surface area contributed by atoms with Gasteiger partial charge in [0.1, 0.15) is 6.33 Å². The maximum atomic E-state index is 13.7. The lowest BCUT2D eigenvalue weighted by atomic mass is 9.83. The van der Waals surface area contributed by atoms with Gasteiger partial charge in [0.15, 0.2) is 11.6 Å². The van der Waals surface area contributed by atoms with Crippen molar-refractivity contribution in [3.05, 3.63) is 83.4 Å². The number of nitrogens with zero attached hydrogens (tertiary/aromatic N) is 3. The lowest BCUT2D eigenvalue weighted by Crippen LogP contribution is -2.31. The summed E-state index contributed by atoms with van der Waals surface area (Å²) in [4.78, 5) is 10.3. The molecule has 0 fully saturated rings. The average Bonchev–Trinajstić information content (AvgIpc) is 2.63. The third-order valence-electron chi connectivity index (χ3n) is 4.69. The molecule has 4 rings (SSSR count). The number of hydrogen-bond donors (Lipinski definition) is 0. The van der Waals surface area contributed by atoms with Gasteiger partial charge in [0.2, 0.25) is 0 Å². The fraction of sp³-hybridized carbons (Fsp3) is 0.200. The molecule has 0 N–H and O–H groups in total. The average molecular weight is 337 g/mol. The number of hydrogen-bond acceptors (Lipinski definition) is 3. The SMILES string of the molecule is CN1Cc2cc(-c3cncnc3)ccc2[C@@H](c2ccc(F)c(F)c2)C1. The smallest absolute Gasteiger partial charge is 0.159 e. The Bertz CT molecular complexity index is 912. The molecule has 2 heterocycles. The minimum absolute atomic E-state index is 0.0184. The first-order chi connectivity index (χ1) is 12.1. The first-order valence-electron chi connectivity index (χ1n) is 8.13. The number of fused-ring (bicyclic) bond motifs is 1. The number of halogens is 2. The van der Waals surface area contributed by atoms with Crippen LogP contribution >= 0.6 is 0 Å². The highest BCUT2D eigenvalue weighted by molar-refractivity contribution is 5.64. The van der Waals surface area contributed by atoms with Gasteiger partial charge in [-0.1, -0.05) is 18.2 Å². The topological polar surface area (TPSA) is 29.0 Å². The standard InChI is InChI=1S/C20H17F2N3/c1-25-10-15-6-13(16-8-23-12-24-9-16)2-4-17(15)18(11-25)14-3-5-19(21)20(22)7-14/h2-9,12,18H,10-11H2,1H3/t18-/m1/s1. The lowest BCUT2D eigenvalue weighted by molar-refractivity contribution is 0.295. The van der Waals surface area contributed by atoms with E-state index < -0.39 is 11.6 Å². The van der Waals surface area contributed by atoms with Gasteiger partial charge in [0.05, 0.1) is 0 Å². The van der Waals surface area contributed by atoms with Gasteiger partial charge in [0, 0.05) is 37.0 Å². The molecule has 0 radical (unpaired) electrons. The van der Waals surface area contributed by atoms with Crippen LogP contribution in [0.5, 0.6) is 0 Å². The van der Waals surface area contributed by atoms with Crippen LogP contribution in [0.15, 0.2) is 55.1 Å². The van der Waals surface area contributed by atoms with E-state index >= 15 is 0 Å². The molecule has 25 heavy (non-hydrogen) atoms. The number of benzene rings is 2. The van der Waals surface area contributed by atoms with Crippen molar-refractivity contribution in [3.63, 3.8) is 0 Å². The van der Waals surface area contributed by atoms with Gasteiger partial charge in [-0.05, 0) is 47.5 Å². The van der Waals surface area contributed by atoms with E-state index in [0.717, 1.165) is 35.3 Å². The second kappa shape index (κ2) is 6.33. The normalized spacial score (nSPS) is 17.3. The molecule has 1 aliphatic heterocycles. The van der Waals surface area contributed by atoms with Gasteiger partial charge >= 0.3 is 0 Å². The van der Waals surface area contributed by atoms with Crippen LogP contribution in [-0.4, -0.2) is 28.5 Å². The zero-order valence-electron chi connectivity index (χ0n) is 13.8. The maximum Gasteiger partial charge on any atom is 0.159 e. The molecule has 0 saturated heterocycles. The highest BCUT2D eigenvalue weighted by Crippen LogP contribution is 2.35. The third-order valence-corrected chi connectivity index (χ3v) is 4.69.